The van der Waals surface area contributed by atoms with Crippen molar-refractivity contribution in [3.05, 3.63) is 71.3 Å². The third-order valence-corrected chi connectivity index (χ3v) is 4.54. The van der Waals surface area contributed by atoms with Crippen molar-refractivity contribution in [3.63, 3.8) is 0 Å². The van der Waals surface area contributed by atoms with Gasteiger partial charge in [-0.05, 0) is 35.4 Å². The van der Waals surface area contributed by atoms with Crippen LogP contribution in [-0.4, -0.2) is 14.9 Å². The first kappa shape index (κ1) is 19.0. The molecule has 142 valence electrons. The lowest BCUT2D eigenvalue weighted by Crippen LogP contribution is -2.21. The zero-order chi connectivity index (χ0) is 19.4. The Morgan fingerprint density at radius 3 is 2.19 bits per heavy atom. The summed E-state index contributed by atoms with van der Waals surface area (Å²) in [5.74, 6) is 4.83. The standard InChI is InChI=1S/C17H14F4N4OS/c18-13-5-1-11(2-6-13)9-26-14-7-3-12(4-8-14)10-27-16-24-23-15(25(16)22)17(19,20)21/h1-8H,9-10,22H2. The maximum atomic E-state index is 12.9. The highest BCUT2D eigenvalue weighted by molar-refractivity contribution is 7.98. The first-order valence-corrected chi connectivity index (χ1v) is 8.68. The van der Waals surface area contributed by atoms with Crippen LogP contribution in [-0.2, 0) is 18.5 Å². The molecule has 27 heavy (non-hydrogen) atoms. The molecule has 0 saturated heterocycles. The zero-order valence-corrected chi connectivity index (χ0v) is 14.6. The number of benzene rings is 2. The van der Waals surface area contributed by atoms with Crippen LogP contribution in [0.4, 0.5) is 17.6 Å². The number of hydrogen-bond acceptors (Lipinski definition) is 5. The first-order valence-electron chi connectivity index (χ1n) is 7.69. The Bertz CT molecular complexity index is 895. The second-order valence-electron chi connectivity index (χ2n) is 5.52. The van der Waals surface area contributed by atoms with Gasteiger partial charge in [-0.25, -0.2) is 9.07 Å². The van der Waals surface area contributed by atoms with Gasteiger partial charge in [-0.3, -0.25) is 0 Å². The molecule has 0 radical (unpaired) electrons. The fraction of sp³-hybridized carbons (Fsp3) is 0.176. The van der Waals surface area contributed by atoms with Gasteiger partial charge in [0, 0.05) is 5.75 Å². The van der Waals surface area contributed by atoms with Crippen molar-refractivity contribution < 1.29 is 22.3 Å². The first-order chi connectivity index (χ1) is 12.8. The average molecular weight is 398 g/mol. The van der Waals surface area contributed by atoms with Crippen LogP contribution in [0, 0.1) is 5.82 Å². The molecule has 0 fully saturated rings. The molecule has 0 atom stereocenters. The molecule has 3 aromatic rings. The lowest BCUT2D eigenvalue weighted by atomic mass is 10.2. The Kier molecular flexibility index (Phi) is 5.54. The van der Waals surface area contributed by atoms with E-state index in [2.05, 4.69) is 10.2 Å². The molecule has 10 heteroatoms. The summed E-state index contributed by atoms with van der Waals surface area (Å²) in [5, 5.41) is 6.51. The summed E-state index contributed by atoms with van der Waals surface area (Å²) in [7, 11) is 0. The van der Waals surface area contributed by atoms with E-state index in [1.54, 1.807) is 36.4 Å². The van der Waals surface area contributed by atoms with E-state index in [0.29, 0.717) is 22.8 Å². The normalized spacial score (nSPS) is 11.6. The molecule has 0 aliphatic heterocycles. The molecular formula is C17H14F4N4OS. The third kappa shape index (κ3) is 4.91. The lowest BCUT2D eigenvalue weighted by Gasteiger charge is -2.08. The number of alkyl halides is 3. The van der Waals surface area contributed by atoms with Crippen LogP contribution in [0.2, 0.25) is 0 Å². The SMILES string of the molecule is Nn1c(SCc2ccc(OCc3ccc(F)cc3)cc2)nnc1C(F)(F)F. The maximum Gasteiger partial charge on any atom is 0.453 e. The number of thioether (sulfide) groups is 1. The smallest absolute Gasteiger partial charge is 0.453 e. The number of nitrogens with two attached hydrogens (primary N) is 1. The molecule has 0 aliphatic rings. The van der Waals surface area contributed by atoms with E-state index in [-0.39, 0.29) is 11.0 Å². The van der Waals surface area contributed by atoms with Crippen molar-refractivity contribution in [1.82, 2.24) is 14.9 Å². The van der Waals surface area contributed by atoms with E-state index in [4.69, 9.17) is 10.6 Å². The number of nitrogens with zero attached hydrogens (tertiary/aromatic N) is 3. The van der Waals surface area contributed by atoms with Crippen LogP contribution in [0.3, 0.4) is 0 Å². The van der Waals surface area contributed by atoms with Crippen LogP contribution in [0.15, 0.2) is 53.7 Å². The Labute approximate surface area is 156 Å². The fourth-order valence-corrected chi connectivity index (χ4v) is 2.96. The van der Waals surface area contributed by atoms with Crippen LogP contribution in [0.25, 0.3) is 0 Å². The van der Waals surface area contributed by atoms with Crippen molar-refractivity contribution in [2.45, 2.75) is 23.7 Å². The Morgan fingerprint density at radius 1 is 0.963 bits per heavy atom. The molecule has 0 bridgehead atoms. The minimum absolute atomic E-state index is 0.0287. The van der Waals surface area contributed by atoms with Gasteiger partial charge in [-0.2, -0.15) is 13.2 Å². The van der Waals surface area contributed by atoms with Gasteiger partial charge in [-0.15, -0.1) is 10.2 Å². The summed E-state index contributed by atoms with van der Waals surface area (Å²) < 4.78 is 56.8. The average Bonchev–Trinajstić information content (AvgIpc) is 3.01. The third-order valence-electron chi connectivity index (χ3n) is 3.53. The summed E-state index contributed by atoms with van der Waals surface area (Å²) >= 11 is 1.04. The van der Waals surface area contributed by atoms with Crippen molar-refractivity contribution >= 4 is 11.8 Å². The molecule has 1 heterocycles. The van der Waals surface area contributed by atoms with Gasteiger partial charge in [0.25, 0.3) is 5.82 Å². The molecule has 3 rings (SSSR count). The van der Waals surface area contributed by atoms with E-state index < -0.39 is 12.0 Å². The zero-order valence-electron chi connectivity index (χ0n) is 13.8. The Morgan fingerprint density at radius 2 is 1.59 bits per heavy atom. The van der Waals surface area contributed by atoms with Crippen LogP contribution < -0.4 is 10.6 Å². The molecule has 2 N–H and O–H groups in total. The van der Waals surface area contributed by atoms with Crippen LogP contribution in [0.5, 0.6) is 5.75 Å². The number of rotatable bonds is 6. The van der Waals surface area contributed by atoms with E-state index in [0.717, 1.165) is 22.9 Å². The van der Waals surface area contributed by atoms with Crippen molar-refractivity contribution in [2.75, 3.05) is 5.84 Å². The molecule has 0 amide bonds. The minimum atomic E-state index is -4.65. The van der Waals surface area contributed by atoms with E-state index >= 15 is 0 Å². The number of aromatic nitrogens is 3. The number of hydrogen-bond donors (Lipinski definition) is 1. The molecule has 2 aromatic carbocycles. The molecule has 0 spiro atoms. The summed E-state index contributed by atoms with van der Waals surface area (Å²) in [6.07, 6.45) is -4.65. The van der Waals surface area contributed by atoms with Crippen molar-refractivity contribution in [2.24, 2.45) is 0 Å². The molecule has 5 nitrogen and oxygen atoms in total. The van der Waals surface area contributed by atoms with E-state index in [1.165, 1.54) is 12.1 Å². The highest BCUT2D eigenvalue weighted by Gasteiger charge is 2.38. The topological polar surface area (TPSA) is 66.0 Å². The van der Waals surface area contributed by atoms with Gasteiger partial charge >= 0.3 is 6.18 Å². The van der Waals surface area contributed by atoms with Gasteiger partial charge in [0.15, 0.2) is 0 Å². The van der Waals surface area contributed by atoms with E-state index in [9.17, 15) is 17.6 Å². The van der Waals surface area contributed by atoms with Gasteiger partial charge in [0.05, 0.1) is 0 Å². The highest BCUT2D eigenvalue weighted by Crippen LogP contribution is 2.30. The summed E-state index contributed by atoms with van der Waals surface area (Å²) in [6.45, 7) is 0.297. The molecular weight excluding hydrogens is 384 g/mol. The monoisotopic (exact) mass is 398 g/mol. The largest absolute Gasteiger partial charge is 0.489 e. The second-order valence-corrected chi connectivity index (χ2v) is 6.46. The quantitative estimate of drug-likeness (QED) is 0.386. The predicted molar refractivity (Wildman–Crippen MR) is 91.9 cm³/mol. The highest BCUT2D eigenvalue weighted by atomic mass is 32.2. The van der Waals surface area contributed by atoms with Gasteiger partial charge in [0.1, 0.15) is 18.2 Å². The van der Waals surface area contributed by atoms with E-state index in [1.807, 2.05) is 0 Å². The number of halogens is 4. The van der Waals surface area contributed by atoms with Gasteiger partial charge in [0.2, 0.25) is 5.16 Å². The Hall–Kier alpha value is -2.75. The Balaban J connectivity index is 1.55. The number of ether oxygens (including phenoxy) is 1. The minimum Gasteiger partial charge on any atom is -0.489 e. The molecule has 1 aromatic heterocycles. The van der Waals surface area contributed by atoms with Gasteiger partial charge < -0.3 is 10.6 Å². The van der Waals surface area contributed by atoms with Crippen molar-refractivity contribution in [3.8, 4) is 5.75 Å². The summed E-state index contributed by atoms with van der Waals surface area (Å²) in [4.78, 5) is 0. The van der Waals surface area contributed by atoms with Crippen LogP contribution in [0.1, 0.15) is 17.0 Å². The predicted octanol–water partition coefficient (Wildman–Crippen LogP) is 4.02. The molecule has 0 saturated carbocycles. The maximum absolute atomic E-state index is 12.9. The lowest BCUT2D eigenvalue weighted by molar-refractivity contribution is -0.146. The van der Waals surface area contributed by atoms with Gasteiger partial charge in [-0.1, -0.05) is 36.0 Å². The van der Waals surface area contributed by atoms with Crippen molar-refractivity contribution in [1.29, 1.82) is 0 Å². The molecule has 0 aliphatic carbocycles. The summed E-state index contributed by atoms with van der Waals surface area (Å²) in [5.41, 5.74) is 1.68. The second kappa shape index (κ2) is 7.87. The molecule has 0 unspecified atom stereocenters. The van der Waals surface area contributed by atoms with Crippen LogP contribution >= 0.6 is 11.8 Å². The fourth-order valence-electron chi connectivity index (χ4n) is 2.15. The number of nitrogen functional groups attached to an aromatic ring is 1. The summed E-state index contributed by atoms with van der Waals surface area (Å²) in [6, 6.07) is 13.1.